The van der Waals surface area contributed by atoms with Crippen molar-refractivity contribution in [2.24, 2.45) is 0 Å². The highest BCUT2D eigenvalue weighted by molar-refractivity contribution is 7.13. The van der Waals surface area contributed by atoms with Gasteiger partial charge in [0.15, 0.2) is 0 Å². The van der Waals surface area contributed by atoms with E-state index in [2.05, 4.69) is 67.6 Å². The quantitative estimate of drug-likeness (QED) is 0.512. The normalized spacial score (nSPS) is 14.4. The third kappa shape index (κ3) is 3.49. The van der Waals surface area contributed by atoms with Gasteiger partial charge in [-0.1, -0.05) is 24.3 Å². The summed E-state index contributed by atoms with van der Waals surface area (Å²) in [5.41, 5.74) is 2.26. The van der Waals surface area contributed by atoms with Crippen LogP contribution in [0.25, 0.3) is 21.3 Å². The van der Waals surface area contributed by atoms with Gasteiger partial charge in [0, 0.05) is 54.3 Å². The minimum absolute atomic E-state index is 0.592. The maximum atomic E-state index is 5.22. The number of nitrogens with zero attached hydrogens (tertiary/aromatic N) is 5. The number of para-hydroxylation sites is 1. The van der Waals surface area contributed by atoms with E-state index in [4.69, 9.17) is 9.72 Å². The number of pyridine rings is 1. The molecule has 146 valence electrons. The van der Waals surface area contributed by atoms with Crippen LogP contribution >= 0.6 is 11.3 Å². The van der Waals surface area contributed by atoms with Gasteiger partial charge >= 0.3 is 0 Å². The largest absolute Gasteiger partial charge is 0.481 e. The number of hydrogen-bond acceptors (Lipinski definition) is 7. The highest BCUT2D eigenvalue weighted by Crippen LogP contribution is 2.32. The Bertz CT molecular complexity index is 1120. The molecular weight excluding hydrogens is 382 g/mol. The molecule has 1 aromatic carbocycles. The Morgan fingerprint density at radius 1 is 0.897 bits per heavy atom. The van der Waals surface area contributed by atoms with Crippen molar-refractivity contribution in [3.05, 3.63) is 60.1 Å². The maximum absolute atomic E-state index is 5.22. The number of rotatable bonds is 4. The summed E-state index contributed by atoms with van der Waals surface area (Å²) in [6, 6.07) is 16.7. The van der Waals surface area contributed by atoms with Crippen LogP contribution in [0.2, 0.25) is 0 Å². The van der Waals surface area contributed by atoms with Gasteiger partial charge in [0.1, 0.15) is 5.82 Å². The molecule has 0 spiro atoms. The summed E-state index contributed by atoms with van der Waals surface area (Å²) in [6.45, 7) is 3.44. The number of thiophene rings is 1. The fourth-order valence-electron chi connectivity index (χ4n) is 3.68. The van der Waals surface area contributed by atoms with Gasteiger partial charge in [0.05, 0.1) is 12.6 Å². The molecule has 0 atom stereocenters. The second kappa shape index (κ2) is 7.67. The molecule has 0 N–H and O–H groups in total. The molecule has 3 aromatic heterocycles. The van der Waals surface area contributed by atoms with E-state index in [0.717, 1.165) is 43.5 Å². The minimum Gasteiger partial charge on any atom is -0.481 e. The van der Waals surface area contributed by atoms with Gasteiger partial charge in [-0.15, -0.1) is 11.3 Å². The number of fused-ring (bicyclic) bond motifs is 1. The molecule has 1 aliphatic rings. The molecule has 0 amide bonds. The first-order valence-corrected chi connectivity index (χ1v) is 10.5. The average Bonchev–Trinajstić information content (AvgIpc) is 3.33. The second-order valence-electron chi connectivity index (χ2n) is 6.90. The lowest BCUT2D eigenvalue weighted by Crippen LogP contribution is -2.47. The molecule has 6 nitrogen and oxygen atoms in total. The third-order valence-corrected chi connectivity index (χ3v) is 6.11. The van der Waals surface area contributed by atoms with Gasteiger partial charge in [0.25, 0.3) is 0 Å². The van der Waals surface area contributed by atoms with Gasteiger partial charge < -0.3 is 14.5 Å². The third-order valence-electron chi connectivity index (χ3n) is 5.21. The monoisotopic (exact) mass is 403 g/mol. The Morgan fingerprint density at radius 3 is 2.55 bits per heavy atom. The Kier molecular flexibility index (Phi) is 4.73. The fourth-order valence-corrected chi connectivity index (χ4v) is 4.43. The zero-order chi connectivity index (χ0) is 19.6. The summed E-state index contributed by atoms with van der Waals surface area (Å²) in [7, 11) is 1.62. The highest BCUT2D eigenvalue weighted by Gasteiger charge is 2.21. The number of methoxy groups -OCH3 is 1. The number of anilines is 2. The summed E-state index contributed by atoms with van der Waals surface area (Å²) in [5, 5.41) is 3.28. The smallest absolute Gasteiger partial charge is 0.228 e. The van der Waals surface area contributed by atoms with Crippen LogP contribution < -0.4 is 14.5 Å². The standard InChI is InChI=1S/C22H21N5OS/c1-28-20-9-10-23-22(25-20)27-13-11-26(12-14-27)19-8-7-16-4-2-5-17(21(16)24-19)18-6-3-15-29-18/h2-10,15H,11-14H2,1H3. The molecule has 0 unspecified atom stereocenters. The van der Waals surface area contributed by atoms with E-state index in [9.17, 15) is 0 Å². The van der Waals surface area contributed by atoms with Crippen molar-refractivity contribution in [1.82, 2.24) is 15.0 Å². The molecule has 0 aliphatic carbocycles. The van der Waals surface area contributed by atoms with Crippen LogP contribution in [0, 0.1) is 0 Å². The lowest BCUT2D eigenvalue weighted by molar-refractivity contribution is 0.396. The van der Waals surface area contributed by atoms with Crippen LogP contribution in [-0.2, 0) is 0 Å². The van der Waals surface area contributed by atoms with E-state index in [1.165, 1.54) is 15.8 Å². The first-order valence-electron chi connectivity index (χ1n) is 9.62. The number of benzene rings is 1. The number of ether oxygens (including phenoxy) is 1. The lowest BCUT2D eigenvalue weighted by Gasteiger charge is -2.35. The molecule has 29 heavy (non-hydrogen) atoms. The van der Waals surface area contributed by atoms with E-state index < -0.39 is 0 Å². The van der Waals surface area contributed by atoms with Crippen molar-refractivity contribution in [3.8, 4) is 16.3 Å². The molecule has 5 rings (SSSR count). The first-order chi connectivity index (χ1) is 14.3. The van der Waals surface area contributed by atoms with Gasteiger partial charge in [-0.05, 0) is 23.6 Å². The molecule has 7 heteroatoms. The molecule has 1 saturated heterocycles. The minimum atomic E-state index is 0.592. The van der Waals surface area contributed by atoms with Crippen molar-refractivity contribution in [2.45, 2.75) is 0 Å². The van der Waals surface area contributed by atoms with Crippen LogP contribution in [0.3, 0.4) is 0 Å². The predicted octanol–water partition coefficient (Wildman–Crippen LogP) is 4.09. The number of piperazine rings is 1. The molecular formula is C22H21N5OS. The SMILES string of the molecule is COc1ccnc(N2CCN(c3ccc4cccc(-c5cccs5)c4n3)CC2)n1. The van der Waals surface area contributed by atoms with Crippen LogP contribution in [0.15, 0.2) is 60.1 Å². The van der Waals surface area contributed by atoms with Crippen molar-refractivity contribution >= 4 is 34.0 Å². The van der Waals surface area contributed by atoms with Gasteiger partial charge in [0.2, 0.25) is 11.8 Å². The summed E-state index contributed by atoms with van der Waals surface area (Å²) >= 11 is 1.75. The number of aromatic nitrogens is 3. The Balaban J connectivity index is 1.39. The summed E-state index contributed by atoms with van der Waals surface area (Å²) < 4.78 is 5.22. The summed E-state index contributed by atoms with van der Waals surface area (Å²) in [6.07, 6.45) is 1.74. The summed E-state index contributed by atoms with van der Waals surface area (Å²) in [4.78, 5) is 19.7. The van der Waals surface area contributed by atoms with Crippen LogP contribution in [-0.4, -0.2) is 48.2 Å². The van der Waals surface area contributed by atoms with E-state index in [-0.39, 0.29) is 0 Å². The van der Waals surface area contributed by atoms with E-state index in [1.54, 1.807) is 30.7 Å². The highest BCUT2D eigenvalue weighted by atomic mass is 32.1. The molecule has 0 saturated carbocycles. The van der Waals surface area contributed by atoms with Gasteiger partial charge in [-0.2, -0.15) is 4.98 Å². The van der Waals surface area contributed by atoms with E-state index in [1.807, 2.05) is 0 Å². The predicted molar refractivity (Wildman–Crippen MR) is 118 cm³/mol. The number of hydrogen-bond donors (Lipinski definition) is 0. The van der Waals surface area contributed by atoms with Crippen LogP contribution in [0.5, 0.6) is 5.88 Å². The first kappa shape index (κ1) is 17.9. The Morgan fingerprint density at radius 2 is 1.76 bits per heavy atom. The zero-order valence-electron chi connectivity index (χ0n) is 16.2. The fraction of sp³-hybridized carbons (Fsp3) is 0.227. The summed E-state index contributed by atoms with van der Waals surface area (Å²) in [5.74, 6) is 2.33. The molecule has 0 bridgehead atoms. The molecule has 4 heterocycles. The van der Waals surface area contributed by atoms with Crippen molar-refractivity contribution in [2.75, 3.05) is 43.1 Å². The lowest BCUT2D eigenvalue weighted by atomic mass is 10.1. The van der Waals surface area contributed by atoms with Gasteiger partial charge in [-0.25, -0.2) is 9.97 Å². The Hall–Kier alpha value is -3.19. The molecule has 4 aromatic rings. The molecule has 1 aliphatic heterocycles. The topological polar surface area (TPSA) is 54.4 Å². The molecule has 0 radical (unpaired) electrons. The average molecular weight is 404 g/mol. The molecule has 1 fully saturated rings. The van der Waals surface area contributed by atoms with E-state index >= 15 is 0 Å². The van der Waals surface area contributed by atoms with Crippen LogP contribution in [0.1, 0.15) is 0 Å². The van der Waals surface area contributed by atoms with E-state index in [0.29, 0.717) is 5.88 Å². The Labute approximate surface area is 173 Å². The zero-order valence-corrected chi connectivity index (χ0v) is 17.0. The maximum Gasteiger partial charge on any atom is 0.228 e. The van der Waals surface area contributed by atoms with Crippen molar-refractivity contribution < 1.29 is 4.74 Å². The van der Waals surface area contributed by atoms with Crippen molar-refractivity contribution in [3.63, 3.8) is 0 Å². The van der Waals surface area contributed by atoms with Crippen LogP contribution in [0.4, 0.5) is 11.8 Å². The van der Waals surface area contributed by atoms with Gasteiger partial charge in [-0.3, -0.25) is 0 Å². The second-order valence-corrected chi connectivity index (χ2v) is 7.84. The van der Waals surface area contributed by atoms with Crippen molar-refractivity contribution in [1.29, 1.82) is 0 Å².